The second-order valence-corrected chi connectivity index (χ2v) is 2.35. The van der Waals surface area contributed by atoms with Gasteiger partial charge in [0.2, 0.25) is 0 Å². The van der Waals surface area contributed by atoms with E-state index in [2.05, 4.69) is 16.7 Å². The third-order valence-corrected chi connectivity index (χ3v) is 1.66. The average molecular weight is 155 g/mol. The molecular weight excluding hydrogens is 142 g/mol. The minimum Gasteiger partial charge on any atom is -0.333 e. The quantitative estimate of drug-likeness (QED) is 0.658. The van der Waals surface area contributed by atoms with Crippen LogP contribution < -0.4 is 5.90 Å². The maximum atomic E-state index is 5.03. The fourth-order valence-corrected chi connectivity index (χ4v) is 1.01. The lowest BCUT2D eigenvalue weighted by Crippen LogP contribution is -2.11. The van der Waals surface area contributed by atoms with Gasteiger partial charge in [0.05, 0.1) is 0 Å². The van der Waals surface area contributed by atoms with Gasteiger partial charge in [-0.2, -0.15) is 0 Å². The van der Waals surface area contributed by atoms with Crippen LogP contribution in [0.15, 0.2) is 12.4 Å². The van der Waals surface area contributed by atoms with Crippen LogP contribution in [-0.2, 0) is 11.4 Å². The molecule has 4 nitrogen and oxygen atoms in total. The van der Waals surface area contributed by atoms with Gasteiger partial charge in [0.1, 0.15) is 11.9 Å². The van der Waals surface area contributed by atoms with E-state index in [0.29, 0.717) is 0 Å². The highest BCUT2D eigenvalue weighted by atomic mass is 16.6. The van der Waals surface area contributed by atoms with Crippen LogP contribution in [0.1, 0.15) is 25.8 Å². The molecule has 0 aliphatic heterocycles. The summed E-state index contributed by atoms with van der Waals surface area (Å²) in [5.74, 6) is 5.90. The molecular formula is C7H13N3O. The number of aryl methyl sites for hydroxylation is 1. The Morgan fingerprint density at radius 2 is 2.55 bits per heavy atom. The zero-order chi connectivity index (χ0) is 8.27. The molecule has 0 radical (unpaired) electrons. The predicted molar refractivity (Wildman–Crippen MR) is 41.6 cm³/mol. The standard InChI is InChI=1S/C7H13N3O/c1-3-10-5-4-9-7(10)6(2)11-8/h4-6H,3,8H2,1-2H3. The van der Waals surface area contributed by atoms with E-state index in [0.717, 1.165) is 12.4 Å². The van der Waals surface area contributed by atoms with E-state index < -0.39 is 0 Å². The summed E-state index contributed by atoms with van der Waals surface area (Å²) >= 11 is 0. The van der Waals surface area contributed by atoms with Crippen molar-refractivity contribution in [2.24, 2.45) is 5.90 Å². The van der Waals surface area contributed by atoms with E-state index in [1.54, 1.807) is 6.20 Å². The highest BCUT2D eigenvalue weighted by molar-refractivity contribution is 4.95. The van der Waals surface area contributed by atoms with Gasteiger partial charge in [-0.25, -0.2) is 10.9 Å². The minimum absolute atomic E-state index is 0.134. The monoisotopic (exact) mass is 155 g/mol. The highest BCUT2D eigenvalue weighted by Crippen LogP contribution is 2.11. The van der Waals surface area contributed by atoms with Crippen molar-refractivity contribution in [3.05, 3.63) is 18.2 Å². The Kier molecular flexibility index (Phi) is 2.62. The Morgan fingerprint density at radius 1 is 1.82 bits per heavy atom. The maximum Gasteiger partial charge on any atom is 0.139 e. The summed E-state index contributed by atoms with van der Waals surface area (Å²) in [5.41, 5.74) is 0. The first-order valence-electron chi connectivity index (χ1n) is 3.66. The van der Waals surface area contributed by atoms with Crippen molar-refractivity contribution in [3.8, 4) is 0 Å². The van der Waals surface area contributed by atoms with Crippen LogP contribution in [0.3, 0.4) is 0 Å². The molecule has 1 atom stereocenters. The number of aromatic nitrogens is 2. The van der Waals surface area contributed by atoms with Gasteiger partial charge >= 0.3 is 0 Å². The van der Waals surface area contributed by atoms with Crippen molar-refractivity contribution in [1.82, 2.24) is 9.55 Å². The van der Waals surface area contributed by atoms with Crippen molar-refractivity contribution in [1.29, 1.82) is 0 Å². The average Bonchev–Trinajstić information content (AvgIpc) is 2.50. The van der Waals surface area contributed by atoms with Crippen molar-refractivity contribution in [2.45, 2.75) is 26.5 Å². The van der Waals surface area contributed by atoms with Crippen molar-refractivity contribution < 1.29 is 4.84 Å². The van der Waals surface area contributed by atoms with Gasteiger partial charge in [-0.15, -0.1) is 0 Å². The number of hydrogen-bond acceptors (Lipinski definition) is 3. The summed E-state index contributed by atoms with van der Waals surface area (Å²) < 4.78 is 2.00. The van der Waals surface area contributed by atoms with Crippen LogP contribution in [0.5, 0.6) is 0 Å². The highest BCUT2D eigenvalue weighted by Gasteiger charge is 2.09. The van der Waals surface area contributed by atoms with Crippen LogP contribution in [-0.4, -0.2) is 9.55 Å². The molecule has 62 valence electrons. The zero-order valence-electron chi connectivity index (χ0n) is 6.82. The molecule has 4 heteroatoms. The fraction of sp³-hybridized carbons (Fsp3) is 0.571. The van der Waals surface area contributed by atoms with Crippen LogP contribution in [0.2, 0.25) is 0 Å². The lowest BCUT2D eigenvalue weighted by Gasteiger charge is -2.09. The van der Waals surface area contributed by atoms with Gasteiger partial charge < -0.3 is 4.57 Å². The molecule has 11 heavy (non-hydrogen) atoms. The van der Waals surface area contributed by atoms with Crippen LogP contribution >= 0.6 is 0 Å². The van der Waals surface area contributed by atoms with E-state index >= 15 is 0 Å². The second-order valence-electron chi connectivity index (χ2n) is 2.35. The summed E-state index contributed by atoms with van der Waals surface area (Å²) in [7, 11) is 0. The zero-order valence-corrected chi connectivity index (χ0v) is 6.82. The van der Waals surface area contributed by atoms with Crippen LogP contribution in [0, 0.1) is 0 Å². The SMILES string of the molecule is CCn1ccnc1C(C)ON. The Hall–Kier alpha value is -0.870. The second kappa shape index (κ2) is 3.50. The molecule has 0 spiro atoms. The van der Waals surface area contributed by atoms with E-state index in [1.165, 1.54) is 0 Å². The van der Waals surface area contributed by atoms with E-state index in [1.807, 2.05) is 17.7 Å². The molecule has 1 aromatic rings. The lowest BCUT2D eigenvalue weighted by atomic mass is 10.4. The Bertz CT molecular complexity index is 221. The Balaban J connectivity index is 2.83. The minimum atomic E-state index is -0.134. The fourth-order valence-electron chi connectivity index (χ4n) is 1.01. The molecule has 0 saturated carbocycles. The first-order chi connectivity index (χ1) is 5.29. The predicted octanol–water partition coefficient (Wildman–Crippen LogP) is 0.854. The summed E-state index contributed by atoms with van der Waals surface area (Å²) in [6, 6.07) is 0. The summed E-state index contributed by atoms with van der Waals surface area (Å²) in [4.78, 5) is 8.77. The van der Waals surface area contributed by atoms with Gasteiger partial charge in [-0.1, -0.05) is 0 Å². The first kappa shape index (κ1) is 8.23. The van der Waals surface area contributed by atoms with Crippen LogP contribution in [0.4, 0.5) is 0 Å². The normalized spacial score (nSPS) is 13.4. The Labute approximate surface area is 65.9 Å². The number of imidazole rings is 1. The topological polar surface area (TPSA) is 53.1 Å². The van der Waals surface area contributed by atoms with Gasteiger partial charge in [-0.05, 0) is 13.8 Å². The summed E-state index contributed by atoms with van der Waals surface area (Å²) in [5, 5.41) is 0. The van der Waals surface area contributed by atoms with E-state index in [4.69, 9.17) is 5.90 Å². The van der Waals surface area contributed by atoms with Gasteiger partial charge in [0, 0.05) is 18.9 Å². The number of nitrogens with zero attached hydrogens (tertiary/aromatic N) is 2. The van der Waals surface area contributed by atoms with Gasteiger partial charge in [0.15, 0.2) is 0 Å². The molecule has 1 aromatic heterocycles. The van der Waals surface area contributed by atoms with Crippen molar-refractivity contribution in [3.63, 3.8) is 0 Å². The molecule has 0 aliphatic rings. The Morgan fingerprint density at radius 3 is 3.09 bits per heavy atom. The number of hydrogen-bond donors (Lipinski definition) is 1. The molecule has 0 bridgehead atoms. The molecule has 0 fully saturated rings. The van der Waals surface area contributed by atoms with E-state index in [-0.39, 0.29) is 6.10 Å². The van der Waals surface area contributed by atoms with Crippen molar-refractivity contribution in [2.75, 3.05) is 0 Å². The number of nitrogens with two attached hydrogens (primary N) is 1. The van der Waals surface area contributed by atoms with E-state index in [9.17, 15) is 0 Å². The molecule has 0 aromatic carbocycles. The molecule has 0 aliphatic carbocycles. The molecule has 2 N–H and O–H groups in total. The summed E-state index contributed by atoms with van der Waals surface area (Å²) in [6.07, 6.45) is 3.52. The smallest absolute Gasteiger partial charge is 0.139 e. The van der Waals surface area contributed by atoms with Crippen molar-refractivity contribution >= 4 is 0 Å². The molecule has 0 saturated heterocycles. The maximum absolute atomic E-state index is 5.03. The first-order valence-corrected chi connectivity index (χ1v) is 3.66. The third-order valence-electron chi connectivity index (χ3n) is 1.66. The van der Waals surface area contributed by atoms with Gasteiger partial charge in [0.25, 0.3) is 0 Å². The lowest BCUT2D eigenvalue weighted by molar-refractivity contribution is 0.0578. The molecule has 0 amide bonds. The third kappa shape index (κ3) is 1.58. The molecule has 1 unspecified atom stereocenters. The van der Waals surface area contributed by atoms with Crippen LogP contribution in [0.25, 0.3) is 0 Å². The molecule has 1 heterocycles. The number of rotatable bonds is 3. The summed E-state index contributed by atoms with van der Waals surface area (Å²) in [6.45, 7) is 4.81. The molecule has 1 rings (SSSR count). The van der Waals surface area contributed by atoms with Gasteiger partial charge in [-0.3, -0.25) is 4.84 Å². The largest absolute Gasteiger partial charge is 0.333 e.